The molecule has 0 radical (unpaired) electrons. The van der Waals surface area contributed by atoms with E-state index in [1.165, 1.54) is 14.0 Å². The third kappa shape index (κ3) is 3.81. The summed E-state index contributed by atoms with van der Waals surface area (Å²) in [5, 5.41) is 25.9. The van der Waals surface area contributed by atoms with Gasteiger partial charge in [0.15, 0.2) is 11.5 Å². The van der Waals surface area contributed by atoms with Crippen molar-refractivity contribution >= 4 is 17.1 Å². The van der Waals surface area contributed by atoms with Crippen LogP contribution >= 0.6 is 0 Å². The van der Waals surface area contributed by atoms with Crippen LogP contribution in [0.2, 0.25) is 0 Å². The molecule has 0 atom stereocenters. The van der Waals surface area contributed by atoms with E-state index < -0.39 is 38.6 Å². The second-order valence-corrected chi connectivity index (χ2v) is 4.96. The molecule has 2 rings (SSSR count). The summed E-state index contributed by atoms with van der Waals surface area (Å²) in [6.07, 6.45) is -4.97. The van der Waals surface area contributed by atoms with Gasteiger partial charge in [-0.1, -0.05) is 5.16 Å². The van der Waals surface area contributed by atoms with Crippen molar-refractivity contribution in [3.63, 3.8) is 0 Å². The van der Waals surface area contributed by atoms with Gasteiger partial charge in [0.1, 0.15) is 0 Å². The van der Waals surface area contributed by atoms with Crippen LogP contribution < -0.4 is 4.90 Å². The topological polar surface area (TPSA) is 128 Å². The molecule has 0 saturated heterocycles. The molecule has 1 aromatic carbocycles. The number of nitro benzene ring substituents is 2. The number of anilines is 1. The fraction of sp³-hybridized carbons (Fsp3) is 0.333. The van der Waals surface area contributed by atoms with Crippen molar-refractivity contribution in [3.05, 3.63) is 49.6 Å². The maximum Gasteiger partial charge on any atom is 0.416 e. The van der Waals surface area contributed by atoms with E-state index >= 15 is 0 Å². The largest absolute Gasteiger partial charge is 0.416 e. The van der Waals surface area contributed by atoms with Crippen molar-refractivity contribution in [3.8, 4) is 0 Å². The molecule has 0 spiro atoms. The molecular weight excluding hydrogens is 351 g/mol. The second kappa shape index (κ2) is 6.33. The molecule has 0 fully saturated rings. The van der Waals surface area contributed by atoms with Gasteiger partial charge in [-0.2, -0.15) is 18.2 Å². The molecule has 1 heterocycles. The number of hydrogen-bond acceptors (Lipinski definition) is 8. The first-order valence-corrected chi connectivity index (χ1v) is 6.55. The second-order valence-electron chi connectivity index (χ2n) is 4.96. The lowest BCUT2D eigenvalue weighted by Crippen LogP contribution is -2.21. The van der Waals surface area contributed by atoms with Crippen LogP contribution in [0.3, 0.4) is 0 Å². The first kappa shape index (κ1) is 18.1. The Labute approximate surface area is 137 Å². The molecule has 0 bridgehead atoms. The van der Waals surface area contributed by atoms with Gasteiger partial charge >= 0.3 is 6.18 Å². The number of nitro groups is 2. The lowest BCUT2D eigenvalue weighted by molar-refractivity contribution is -0.393. The predicted molar refractivity (Wildman–Crippen MR) is 75.9 cm³/mol. The van der Waals surface area contributed by atoms with Crippen LogP contribution in [-0.4, -0.2) is 27.0 Å². The van der Waals surface area contributed by atoms with Crippen LogP contribution in [0, 0.1) is 27.2 Å². The van der Waals surface area contributed by atoms with Crippen molar-refractivity contribution in [2.75, 3.05) is 11.9 Å². The van der Waals surface area contributed by atoms with E-state index in [0.717, 1.165) is 4.90 Å². The summed E-state index contributed by atoms with van der Waals surface area (Å²) in [4.78, 5) is 25.0. The number of aryl methyl sites for hydroxylation is 1. The first-order chi connectivity index (χ1) is 11.5. The Morgan fingerprint density at radius 1 is 1.20 bits per heavy atom. The smallest absolute Gasteiger partial charge is 0.356 e. The molecule has 0 saturated carbocycles. The van der Waals surface area contributed by atoms with Crippen LogP contribution in [0.25, 0.3) is 0 Å². The van der Waals surface area contributed by atoms with Crippen LogP contribution in [-0.2, 0) is 12.7 Å². The highest BCUT2D eigenvalue weighted by Gasteiger charge is 2.38. The van der Waals surface area contributed by atoms with Crippen molar-refractivity contribution < 1.29 is 27.5 Å². The van der Waals surface area contributed by atoms with Gasteiger partial charge in [-0.3, -0.25) is 20.2 Å². The molecule has 10 nitrogen and oxygen atoms in total. The zero-order valence-corrected chi connectivity index (χ0v) is 12.8. The van der Waals surface area contributed by atoms with Gasteiger partial charge in [-0.15, -0.1) is 0 Å². The van der Waals surface area contributed by atoms with E-state index in [1.807, 2.05) is 0 Å². The molecule has 25 heavy (non-hydrogen) atoms. The monoisotopic (exact) mass is 361 g/mol. The van der Waals surface area contributed by atoms with Crippen molar-refractivity contribution in [1.29, 1.82) is 0 Å². The average Bonchev–Trinajstić information content (AvgIpc) is 2.89. The predicted octanol–water partition coefficient (Wildman–Crippen LogP) is 2.85. The van der Waals surface area contributed by atoms with E-state index in [-0.39, 0.29) is 30.4 Å². The van der Waals surface area contributed by atoms with E-state index in [9.17, 15) is 33.4 Å². The van der Waals surface area contributed by atoms with Gasteiger partial charge in [-0.05, 0) is 0 Å². The minimum Gasteiger partial charge on any atom is -0.356 e. The van der Waals surface area contributed by atoms with E-state index in [0.29, 0.717) is 0 Å². The van der Waals surface area contributed by atoms with Crippen LogP contribution in [0.4, 0.5) is 30.2 Å². The van der Waals surface area contributed by atoms with Gasteiger partial charge in [0.25, 0.3) is 11.4 Å². The van der Waals surface area contributed by atoms with Gasteiger partial charge in [0, 0.05) is 26.1 Å². The number of alkyl halides is 3. The van der Waals surface area contributed by atoms with E-state index in [1.54, 1.807) is 0 Å². The molecule has 0 aliphatic rings. The lowest BCUT2D eigenvalue weighted by atomic mass is 10.1. The van der Waals surface area contributed by atoms with Crippen molar-refractivity contribution in [2.24, 2.45) is 0 Å². The Morgan fingerprint density at radius 3 is 2.08 bits per heavy atom. The van der Waals surface area contributed by atoms with Crippen LogP contribution in [0.15, 0.2) is 16.7 Å². The Bertz CT molecular complexity index is 800. The quantitative estimate of drug-likeness (QED) is 0.587. The molecule has 0 aliphatic carbocycles. The number of nitrogens with zero attached hydrogens (tertiary/aromatic N) is 5. The number of aromatic nitrogens is 2. The highest BCUT2D eigenvalue weighted by molar-refractivity contribution is 5.76. The lowest BCUT2D eigenvalue weighted by Gasteiger charge is -2.18. The molecule has 1 aromatic heterocycles. The van der Waals surface area contributed by atoms with E-state index in [2.05, 4.69) is 10.1 Å². The van der Waals surface area contributed by atoms with Gasteiger partial charge in [0.05, 0.1) is 22.0 Å². The normalized spacial score (nSPS) is 11.4. The Kier molecular flexibility index (Phi) is 4.58. The Balaban J connectivity index is 2.61. The summed E-state index contributed by atoms with van der Waals surface area (Å²) in [6.45, 7) is 1.24. The maximum atomic E-state index is 12.9. The van der Waals surface area contributed by atoms with Gasteiger partial charge in [-0.25, -0.2) is 0 Å². The van der Waals surface area contributed by atoms with Crippen molar-refractivity contribution in [2.45, 2.75) is 19.6 Å². The third-order valence-electron chi connectivity index (χ3n) is 3.12. The van der Waals surface area contributed by atoms with Gasteiger partial charge in [0.2, 0.25) is 5.89 Å². The summed E-state index contributed by atoms with van der Waals surface area (Å²) in [5.41, 5.74) is -4.18. The SMILES string of the molecule is Cc1nc(CN(C)c2c([N+](=O)[O-])cc(C(F)(F)F)cc2[N+](=O)[O-])no1. The third-order valence-corrected chi connectivity index (χ3v) is 3.12. The molecule has 0 N–H and O–H groups in total. The fourth-order valence-electron chi connectivity index (χ4n) is 2.13. The van der Waals surface area contributed by atoms with E-state index in [4.69, 9.17) is 4.52 Å². The van der Waals surface area contributed by atoms with Crippen molar-refractivity contribution in [1.82, 2.24) is 10.1 Å². The molecule has 13 heteroatoms. The summed E-state index contributed by atoms with van der Waals surface area (Å²) >= 11 is 0. The highest BCUT2D eigenvalue weighted by Crippen LogP contribution is 2.42. The number of halogens is 3. The van der Waals surface area contributed by atoms with Crippen LogP contribution in [0.5, 0.6) is 0 Å². The summed E-state index contributed by atoms with van der Waals surface area (Å²) in [5.74, 6) is 0.253. The molecule has 0 unspecified atom stereocenters. The minimum absolute atomic E-state index is 0.0588. The summed E-state index contributed by atoms with van der Waals surface area (Å²) in [7, 11) is 1.23. The molecular formula is C12H10F3N5O5. The highest BCUT2D eigenvalue weighted by atomic mass is 19.4. The maximum absolute atomic E-state index is 12.9. The average molecular weight is 361 g/mol. The number of benzene rings is 1. The van der Waals surface area contributed by atoms with Gasteiger partial charge < -0.3 is 9.42 Å². The zero-order chi connectivity index (χ0) is 18.9. The molecule has 134 valence electrons. The number of hydrogen-bond donors (Lipinski definition) is 0. The van der Waals surface area contributed by atoms with Crippen LogP contribution in [0.1, 0.15) is 17.3 Å². The fourth-order valence-corrected chi connectivity index (χ4v) is 2.13. The first-order valence-electron chi connectivity index (χ1n) is 6.55. The summed E-state index contributed by atoms with van der Waals surface area (Å²) < 4.78 is 43.3. The number of rotatable bonds is 5. The Morgan fingerprint density at radius 2 is 1.72 bits per heavy atom. The molecule has 2 aromatic rings. The Hall–Kier alpha value is -3.25. The minimum atomic E-state index is -4.97. The zero-order valence-electron chi connectivity index (χ0n) is 12.8. The standard InChI is InChI=1S/C12H10F3N5O5/c1-6-16-10(17-25-6)5-18(2)11-8(19(21)22)3-7(12(13,14)15)4-9(11)20(23)24/h3-4H,5H2,1-2H3. The molecule has 0 amide bonds. The summed E-state index contributed by atoms with van der Waals surface area (Å²) in [6, 6.07) is 0.501. The molecule has 0 aliphatic heterocycles.